The van der Waals surface area contributed by atoms with Gasteiger partial charge in [-0.25, -0.2) is 8.78 Å². The highest BCUT2D eigenvalue weighted by Gasteiger charge is 2.19. The first-order valence-corrected chi connectivity index (χ1v) is 4.61. The van der Waals surface area contributed by atoms with Crippen LogP contribution in [-0.4, -0.2) is 0 Å². The van der Waals surface area contributed by atoms with Gasteiger partial charge in [0.15, 0.2) is 11.6 Å². The lowest BCUT2D eigenvalue weighted by atomic mass is 9.91. The van der Waals surface area contributed by atoms with E-state index in [0.717, 1.165) is 5.56 Å². The van der Waals surface area contributed by atoms with Crippen molar-refractivity contribution in [2.24, 2.45) is 0 Å². The van der Waals surface area contributed by atoms with Gasteiger partial charge in [-0.1, -0.05) is 13.8 Å². The van der Waals surface area contributed by atoms with E-state index in [4.69, 9.17) is 5.73 Å². The van der Waals surface area contributed by atoms with Gasteiger partial charge in [-0.2, -0.15) is 0 Å². The van der Waals surface area contributed by atoms with E-state index in [1.807, 2.05) is 13.8 Å². The Balaban J connectivity index is 3.60. The normalized spacial score (nSPS) is 11.1. The second-order valence-corrected chi connectivity index (χ2v) is 3.86. The zero-order chi connectivity index (χ0) is 11.0. The van der Waals surface area contributed by atoms with E-state index in [1.54, 1.807) is 13.8 Å². The number of benzene rings is 1. The number of hydrogen-bond donors (Lipinski definition) is 1. The highest BCUT2D eigenvalue weighted by molar-refractivity contribution is 5.55. The highest BCUT2D eigenvalue weighted by atomic mass is 19.2. The fraction of sp³-hybridized carbons (Fsp3) is 0.455. The predicted octanol–water partition coefficient (Wildman–Crippen LogP) is 3.29. The van der Waals surface area contributed by atoms with Crippen molar-refractivity contribution >= 4 is 5.69 Å². The number of nitrogen functional groups attached to an aromatic ring is 1. The Labute approximate surface area is 82.9 Å². The summed E-state index contributed by atoms with van der Waals surface area (Å²) in [5.41, 5.74) is 7.22. The van der Waals surface area contributed by atoms with Crippen LogP contribution < -0.4 is 5.73 Å². The van der Waals surface area contributed by atoms with Crippen LogP contribution in [0.3, 0.4) is 0 Å². The Morgan fingerprint density at radius 3 is 1.93 bits per heavy atom. The van der Waals surface area contributed by atoms with Gasteiger partial charge in [0.25, 0.3) is 0 Å². The van der Waals surface area contributed by atoms with Crippen LogP contribution in [0.1, 0.15) is 36.5 Å². The fourth-order valence-corrected chi connectivity index (χ4v) is 1.86. The molecular weight excluding hydrogens is 184 g/mol. The van der Waals surface area contributed by atoms with Crippen molar-refractivity contribution in [3.63, 3.8) is 0 Å². The van der Waals surface area contributed by atoms with E-state index < -0.39 is 11.6 Å². The number of anilines is 1. The molecule has 78 valence electrons. The molecule has 0 fully saturated rings. The summed E-state index contributed by atoms with van der Waals surface area (Å²) in [6.07, 6.45) is 0. The molecule has 1 aromatic carbocycles. The average Bonchev–Trinajstić information content (AvgIpc) is 2.11. The van der Waals surface area contributed by atoms with Crippen molar-refractivity contribution in [3.8, 4) is 0 Å². The van der Waals surface area contributed by atoms with Crippen molar-refractivity contribution in [3.05, 3.63) is 28.3 Å². The largest absolute Gasteiger partial charge is 0.396 e. The number of hydrogen-bond acceptors (Lipinski definition) is 1. The van der Waals surface area contributed by atoms with Gasteiger partial charge in [-0.15, -0.1) is 0 Å². The predicted molar refractivity (Wildman–Crippen MR) is 54.3 cm³/mol. The van der Waals surface area contributed by atoms with E-state index in [0.29, 0.717) is 11.1 Å². The Hall–Kier alpha value is -1.12. The highest BCUT2D eigenvalue weighted by Crippen LogP contribution is 2.31. The first-order valence-electron chi connectivity index (χ1n) is 4.61. The van der Waals surface area contributed by atoms with E-state index in [-0.39, 0.29) is 11.6 Å². The summed E-state index contributed by atoms with van der Waals surface area (Å²) in [4.78, 5) is 0. The minimum Gasteiger partial charge on any atom is -0.396 e. The SMILES string of the molecule is Cc1c(N)c(F)c(F)c(C)c1C(C)C. The minimum absolute atomic E-state index is 0.0724. The molecule has 1 aromatic rings. The number of halogens is 2. The second-order valence-electron chi connectivity index (χ2n) is 3.86. The van der Waals surface area contributed by atoms with Crippen LogP contribution in [0.25, 0.3) is 0 Å². The Morgan fingerprint density at radius 1 is 1.00 bits per heavy atom. The van der Waals surface area contributed by atoms with Crippen molar-refractivity contribution in [2.45, 2.75) is 33.6 Å². The third-order valence-electron chi connectivity index (χ3n) is 2.55. The molecule has 0 unspecified atom stereocenters. The first-order chi connectivity index (χ1) is 6.37. The molecule has 3 heteroatoms. The molecule has 0 atom stereocenters. The van der Waals surface area contributed by atoms with Gasteiger partial charge in [-0.05, 0) is 36.5 Å². The lowest BCUT2D eigenvalue weighted by Gasteiger charge is -2.17. The molecule has 0 bridgehead atoms. The van der Waals surface area contributed by atoms with Gasteiger partial charge in [0.1, 0.15) is 0 Å². The number of nitrogens with two attached hydrogens (primary N) is 1. The molecule has 0 aliphatic carbocycles. The summed E-state index contributed by atoms with van der Waals surface area (Å²) in [5.74, 6) is -1.60. The molecule has 0 saturated carbocycles. The molecule has 0 heterocycles. The Bertz CT molecular complexity index is 341. The van der Waals surface area contributed by atoms with E-state index in [9.17, 15) is 8.78 Å². The Morgan fingerprint density at radius 2 is 1.50 bits per heavy atom. The molecule has 0 aliphatic heterocycles. The monoisotopic (exact) mass is 199 g/mol. The summed E-state index contributed by atoms with van der Waals surface area (Å²) in [6.45, 7) is 7.18. The van der Waals surface area contributed by atoms with Gasteiger partial charge in [0, 0.05) is 0 Å². The molecule has 14 heavy (non-hydrogen) atoms. The maximum Gasteiger partial charge on any atom is 0.182 e. The molecule has 1 rings (SSSR count). The zero-order valence-electron chi connectivity index (χ0n) is 8.91. The van der Waals surface area contributed by atoms with Crippen LogP contribution in [0.5, 0.6) is 0 Å². The van der Waals surface area contributed by atoms with Crippen molar-refractivity contribution in [1.29, 1.82) is 0 Å². The molecular formula is C11H15F2N. The third-order valence-corrected chi connectivity index (χ3v) is 2.55. The molecule has 0 amide bonds. The Kier molecular flexibility index (Phi) is 2.79. The molecule has 0 saturated heterocycles. The summed E-state index contributed by atoms with van der Waals surface area (Å²) in [5, 5.41) is 0. The maximum atomic E-state index is 13.3. The van der Waals surface area contributed by atoms with E-state index in [1.165, 1.54) is 0 Å². The lowest BCUT2D eigenvalue weighted by molar-refractivity contribution is 0.502. The van der Waals surface area contributed by atoms with Gasteiger partial charge < -0.3 is 5.73 Å². The van der Waals surface area contributed by atoms with Gasteiger partial charge in [0.05, 0.1) is 5.69 Å². The minimum atomic E-state index is -0.926. The quantitative estimate of drug-likeness (QED) is 0.690. The number of rotatable bonds is 1. The van der Waals surface area contributed by atoms with Crippen LogP contribution in [-0.2, 0) is 0 Å². The third kappa shape index (κ3) is 1.47. The molecule has 0 aromatic heterocycles. The second kappa shape index (κ2) is 3.56. The van der Waals surface area contributed by atoms with Crippen molar-refractivity contribution in [1.82, 2.24) is 0 Å². The van der Waals surface area contributed by atoms with Gasteiger partial charge in [0.2, 0.25) is 0 Å². The molecule has 1 nitrogen and oxygen atoms in total. The summed E-state index contributed by atoms with van der Waals surface area (Å²) < 4.78 is 26.5. The van der Waals surface area contributed by atoms with Crippen molar-refractivity contribution in [2.75, 3.05) is 5.73 Å². The topological polar surface area (TPSA) is 26.0 Å². The van der Waals surface area contributed by atoms with E-state index in [2.05, 4.69) is 0 Å². The smallest absolute Gasteiger partial charge is 0.182 e. The average molecular weight is 199 g/mol. The zero-order valence-corrected chi connectivity index (χ0v) is 8.91. The summed E-state index contributed by atoms with van der Waals surface area (Å²) >= 11 is 0. The molecule has 0 spiro atoms. The van der Waals surface area contributed by atoms with E-state index >= 15 is 0 Å². The van der Waals surface area contributed by atoms with Crippen LogP contribution in [0.2, 0.25) is 0 Å². The van der Waals surface area contributed by atoms with Crippen LogP contribution >= 0.6 is 0 Å². The van der Waals surface area contributed by atoms with Gasteiger partial charge in [-0.3, -0.25) is 0 Å². The summed E-state index contributed by atoms with van der Waals surface area (Å²) in [6, 6.07) is 0. The summed E-state index contributed by atoms with van der Waals surface area (Å²) in [7, 11) is 0. The lowest BCUT2D eigenvalue weighted by Crippen LogP contribution is -2.07. The molecule has 0 aliphatic rings. The maximum absolute atomic E-state index is 13.3. The first kappa shape index (κ1) is 11.0. The van der Waals surface area contributed by atoms with Gasteiger partial charge >= 0.3 is 0 Å². The fourth-order valence-electron chi connectivity index (χ4n) is 1.86. The van der Waals surface area contributed by atoms with Crippen LogP contribution in [0, 0.1) is 25.5 Å². The van der Waals surface area contributed by atoms with Crippen LogP contribution in [0.15, 0.2) is 0 Å². The standard InChI is InChI=1S/C11H15F2N/c1-5(2)8-6(3)9(12)10(13)11(14)7(8)4/h5H,14H2,1-4H3. The molecule has 0 radical (unpaired) electrons. The van der Waals surface area contributed by atoms with Crippen molar-refractivity contribution < 1.29 is 8.78 Å². The van der Waals surface area contributed by atoms with Crippen LogP contribution in [0.4, 0.5) is 14.5 Å². The molecule has 2 N–H and O–H groups in total.